The van der Waals surface area contributed by atoms with Gasteiger partial charge in [0, 0.05) is 17.8 Å². The van der Waals surface area contributed by atoms with Crippen molar-refractivity contribution in [3.63, 3.8) is 0 Å². The van der Waals surface area contributed by atoms with Crippen molar-refractivity contribution < 1.29 is 10.2 Å². The highest BCUT2D eigenvalue weighted by atomic mass is 35.5. The van der Waals surface area contributed by atoms with E-state index in [0.717, 1.165) is 22.0 Å². The first kappa shape index (κ1) is 13.6. The smallest absolute Gasteiger partial charge is 0.134 e. The molecule has 0 saturated carbocycles. The number of phenols is 2. The maximum absolute atomic E-state index is 10.1. The number of benzene rings is 3. The van der Waals surface area contributed by atoms with Crippen LogP contribution in [0.25, 0.3) is 10.8 Å². The fourth-order valence-corrected chi connectivity index (χ4v) is 2.50. The molecule has 3 N–H and O–H groups in total. The predicted molar refractivity (Wildman–Crippen MR) is 86.1 cm³/mol. The number of anilines is 1. The molecule has 0 amide bonds. The molecule has 106 valence electrons. The number of hydrogen-bond donors (Lipinski definition) is 3. The number of nitrogens with one attached hydrogen (secondary N) is 1. The van der Waals surface area contributed by atoms with E-state index in [4.69, 9.17) is 11.6 Å². The fraction of sp³-hybridized carbons (Fsp3) is 0.0588. The van der Waals surface area contributed by atoms with E-state index in [1.807, 2.05) is 30.3 Å². The molecule has 0 spiro atoms. The summed E-state index contributed by atoms with van der Waals surface area (Å²) in [7, 11) is 0. The van der Waals surface area contributed by atoms with Crippen LogP contribution >= 0.6 is 11.6 Å². The SMILES string of the molecule is Oc1ccc(NCc2c(O)ccc3ccccc23)cc1Cl. The van der Waals surface area contributed by atoms with Crippen molar-refractivity contribution in [3.8, 4) is 11.5 Å². The van der Waals surface area contributed by atoms with Gasteiger partial charge in [0.15, 0.2) is 0 Å². The van der Waals surface area contributed by atoms with Crippen LogP contribution in [0.2, 0.25) is 5.02 Å². The van der Waals surface area contributed by atoms with E-state index in [9.17, 15) is 10.2 Å². The largest absolute Gasteiger partial charge is 0.508 e. The number of halogens is 1. The van der Waals surface area contributed by atoms with E-state index in [2.05, 4.69) is 5.32 Å². The Labute approximate surface area is 127 Å². The number of fused-ring (bicyclic) bond motifs is 1. The third-order valence-electron chi connectivity index (χ3n) is 3.43. The third-order valence-corrected chi connectivity index (χ3v) is 3.74. The van der Waals surface area contributed by atoms with Crippen molar-refractivity contribution in [2.24, 2.45) is 0 Å². The molecule has 0 atom stereocenters. The highest BCUT2D eigenvalue weighted by Crippen LogP contribution is 2.29. The van der Waals surface area contributed by atoms with Crippen molar-refractivity contribution in [1.29, 1.82) is 0 Å². The third kappa shape index (κ3) is 2.73. The summed E-state index contributed by atoms with van der Waals surface area (Å²) >= 11 is 5.88. The second-order valence-corrected chi connectivity index (χ2v) is 5.21. The molecule has 0 bridgehead atoms. The van der Waals surface area contributed by atoms with E-state index in [1.54, 1.807) is 18.2 Å². The van der Waals surface area contributed by atoms with Crippen LogP contribution in [0, 0.1) is 0 Å². The fourth-order valence-electron chi connectivity index (χ4n) is 2.32. The van der Waals surface area contributed by atoms with Crippen LogP contribution in [0.3, 0.4) is 0 Å². The Balaban J connectivity index is 1.91. The van der Waals surface area contributed by atoms with Crippen LogP contribution in [0.15, 0.2) is 54.6 Å². The van der Waals surface area contributed by atoms with Crippen molar-refractivity contribution in [3.05, 3.63) is 65.2 Å². The van der Waals surface area contributed by atoms with Gasteiger partial charge in [-0.2, -0.15) is 0 Å². The van der Waals surface area contributed by atoms with Crippen molar-refractivity contribution in [2.75, 3.05) is 5.32 Å². The summed E-state index contributed by atoms with van der Waals surface area (Å²) in [5, 5.41) is 25.1. The first-order valence-corrected chi connectivity index (χ1v) is 6.95. The first-order chi connectivity index (χ1) is 10.1. The summed E-state index contributed by atoms with van der Waals surface area (Å²) in [6.07, 6.45) is 0. The molecule has 0 aliphatic carbocycles. The zero-order valence-electron chi connectivity index (χ0n) is 11.2. The van der Waals surface area contributed by atoms with Gasteiger partial charge >= 0.3 is 0 Å². The van der Waals surface area contributed by atoms with Crippen LogP contribution in [0.5, 0.6) is 11.5 Å². The average Bonchev–Trinajstić information content (AvgIpc) is 2.50. The molecule has 0 radical (unpaired) electrons. The Morgan fingerprint density at radius 2 is 1.67 bits per heavy atom. The molecule has 3 nitrogen and oxygen atoms in total. The molecule has 3 rings (SSSR count). The van der Waals surface area contributed by atoms with E-state index in [0.29, 0.717) is 11.6 Å². The molecule has 0 aliphatic rings. The van der Waals surface area contributed by atoms with Crippen LogP contribution < -0.4 is 5.32 Å². The van der Waals surface area contributed by atoms with Gasteiger partial charge in [-0.1, -0.05) is 41.9 Å². The van der Waals surface area contributed by atoms with Crippen LogP contribution in [-0.4, -0.2) is 10.2 Å². The number of phenolic OH excluding ortho intramolecular Hbond substituents is 2. The van der Waals surface area contributed by atoms with Gasteiger partial charge < -0.3 is 15.5 Å². The lowest BCUT2D eigenvalue weighted by Crippen LogP contribution is -2.00. The van der Waals surface area contributed by atoms with Gasteiger partial charge in [0.05, 0.1) is 5.02 Å². The lowest BCUT2D eigenvalue weighted by molar-refractivity contribution is 0.470. The standard InChI is InChI=1S/C17H14ClNO2/c18-15-9-12(6-8-17(15)21)19-10-14-13-4-2-1-3-11(13)5-7-16(14)20/h1-9,19-21H,10H2. The zero-order valence-corrected chi connectivity index (χ0v) is 11.9. The molecule has 4 heteroatoms. The molecule has 3 aromatic rings. The van der Waals surface area contributed by atoms with Gasteiger partial charge in [0.2, 0.25) is 0 Å². The average molecular weight is 300 g/mol. The zero-order chi connectivity index (χ0) is 14.8. The monoisotopic (exact) mass is 299 g/mol. The van der Waals surface area contributed by atoms with Crippen LogP contribution in [0.1, 0.15) is 5.56 Å². The number of aromatic hydroxyl groups is 2. The molecule has 0 heterocycles. The molecule has 0 aromatic heterocycles. The Bertz CT molecular complexity index is 802. The summed E-state index contributed by atoms with van der Waals surface area (Å²) < 4.78 is 0. The summed E-state index contributed by atoms with van der Waals surface area (Å²) in [5.41, 5.74) is 1.61. The minimum Gasteiger partial charge on any atom is -0.508 e. The van der Waals surface area contributed by atoms with Gasteiger partial charge in [0.1, 0.15) is 11.5 Å². The first-order valence-electron chi connectivity index (χ1n) is 6.57. The second kappa shape index (κ2) is 5.54. The van der Waals surface area contributed by atoms with Gasteiger partial charge in [-0.05, 0) is 35.0 Å². The van der Waals surface area contributed by atoms with E-state index in [-0.39, 0.29) is 11.5 Å². The molecular formula is C17H14ClNO2. The minimum absolute atomic E-state index is 0.0511. The molecule has 3 aromatic carbocycles. The van der Waals surface area contributed by atoms with E-state index in [1.165, 1.54) is 6.07 Å². The lowest BCUT2D eigenvalue weighted by Gasteiger charge is -2.12. The quantitative estimate of drug-likeness (QED) is 0.623. The van der Waals surface area contributed by atoms with Gasteiger partial charge in [0.25, 0.3) is 0 Å². The maximum Gasteiger partial charge on any atom is 0.134 e. The number of hydrogen-bond acceptors (Lipinski definition) is 3. The molecule has 21 heavy (non-hydrogen) atoms. The van der Waals surface area contributed by atoms with Crippen LogP contribution in [0.4, 0.5) is 5.69 Å². The Hall–Kier alpha value is -2.39. The molecule has 0 saturated heterocycles. The van der Waals surface area contributed by atoms with Crippen molar-refractivity contribution in [1.82, 2.24) is 0 Å². The summed E-state index contributed by atoms with van der Waals surface area (Å²) in [6.45, 7) is 0.467. The van der Waals surface area contributed by atoms with E-state index < -0.39 is 0 Å². The molecule has 0 aliphatic heterocycles. The summed E-state index contributed by atoms with van der Waals surface area (Å²) in [6, 6.07) is 16.4. The normalized spacial score (nSPS) is 10.7. The predicted octanol–water partition coefficient (Wildman–Crippen LogP) is 4.52. The van der Waals surface area contributed by atoms with Gasteiger partial charge in [-0.25, -0.2) is 0 Å². The minimum atomic E-state index is 0.0511. The van der Waals surface area contributed by atoms with Gasteiger partial charge in [-0.15, -0.1) is 0 Å². The van der Waals surface area contributed by atoms with Crippen LogP contribution in [-0.2, 0) is 6.54 Å². The highest BCUT2D eigenvalue weighted by Gasteiger charge is 2.07. The molecule has 0 fully saturated rings. The van der Waals surface area contributed by atoms with Crippen molar-refractivity contribution >= 4 is 28.1 Å². The summed E-state index contributed by atoms with van der Waals surface area (Å²) in [4.78, 5) is 0. The van der Waals surface area contributed by atoms with Gasteiger partial charge in [-0.3, -0.25) is 0 Å². The maximum atomic E-state index is 10.1. The van der Waals surface area contributed by atoms with Crippen molar-refractivity contribution in [2.45, 2.75) is 6.54 Å². The topological polar surface area (TPSA) is 52.5 Å². The Kier molecular flexibility index (Phi) is 3.59. The molecular weight excluding hydrogens is 286 g/mol. The van der Waals surface area contributed by atoms with E-state index >= 15 is 0 Å². The Morgan fingerprint density at radius 3 is 2.48 bits per heavy atom. The molecule has 0 unspecified atom stereocenters. The highest BCUT2D eigenvalue weighted by molar-refractivity contribution is 6.32. The number of rotatable bonds is 3. The Morgan fingerprint density at radius 1 is 0.905 bits per heavy atom. The second-order valence-electron chi connectivity index (χ2n) is 4.80. The summed E-state index contributed by atoms with van der Waals surface area (Å²) in [5.74, 6) is 0.307. The lowest BCUT2D eigenvalue weighted by atomic mass is 10.0.